The number of carbonyl (C=O) groups excluding carboxylic acids is 2. The van der Waals surface area contributed by atoms with Crippen LogP contribution in [0, 0.1) is 10.1 Å². The van der Waals surface area contributed by atoms with E-state index in [4.69, 9.17) is 11.6 Å². The molecule has 2 amide bonds. The average Bonchev–Trinajstić information content (AvgIpc) is 2.38. The van der Waals surface area contributed by atoms with Crippen molar-refractivity contribution in [3.05, 3.63) is 38.9 Å². The van der Waals surface area contributed by atoms with Crippen LogP contribution in [0.1, 0.15) is 17.3 Å². The maximum Gasteiger partial charge on any atom is 0.288 e. The molecule has 0 aliphatic heterocycles. The second-order valence-corrected chi connectivity index (χ2v) is 4.39. The smallest absolute Gasteiger partial charge is 0.288 e. The minimum atomic E-state index is -0.664. The van der Waals surface area contributed by atoms with Gasteiger partial charge in [-0.15, -0.1) is 0 Å². The molecule has 1 rings (SSSR count). The first-order chi connectivity index (χ1) is 9.38. The van der Waals surface area contributed by atoms with Gasteiger partial charge in [-0.3, -0.25) is 19.7 Å². The highest BCUT2D eigenvalue weighted by Crippen LogP contribution is 2.28. The predicted octanol–water partition coefficient (Wildman–Crippen LogP) is 1.46. The number of benzene rings is 1. The molecule has 8 heteroatoms. The molecular weight excluding hydrogens is 286 g/mol. The molecule has 0 aliphatic carbocycles. The molecule has 0 heterocycles. The first-order valence-corrected chi connectivity index (χ1v) is 6.21. The van der Waals surface area contributed by atoms with E-state index in [2.05, 4.69) is 5.32 Å². The second kappa shape index (κ2) is 6.85. The van der Waals surface area contributed by atoms with E-state index in [1.807, 2.05) is 0 Å². The minimum Gasteiger partial charge on any atom is -0.355 e. The Balaban J connectivity index is 2.95. The van der Waals surface area contributed by atoms with Gasteiger partial charge in [-0.1, -0.05) is 17.7 Å². The van der Waals surface area contributed by atoms with Crippen LogP contribution in [-0.4, -0.2) is 41.8 Å². The number of hydrogen-bond donors (Lipinski definition) is 1. The van der Waals surface area contributed by atoms with Crippen LogP contribution in [0.3, 0.4) is 0 Å². The quantitative estimate of drug-likeness (QED) is 0.658. The molecule has 0 aromatic heterocycles. The monoisotopic (exact) mass is 299 g/mol. The van der Waals surface area contributed by atoms with Crippen LogP contribution >= 0.6 is 11.6 Å². The molecule has 0 aliphatic rings. The van der Waals surface area contributed by atoms with E-state index in [1.165, 1.54) is 25.2 Å². The summed E-state index contributed by atoms with van der Waals surface area (Å²) in [5.41, 5.74) is -0.350. The third kappa shape index (κ3) is 3.67. The van der Waals surface area contributed by atoms with Crippen LogP contribution in [0.5, 0.6) is 0 Å². The summed E-state index contributed by atoms with van der Waals surface area (Å²) in [6, 6.07) is 3.96. The lowest BCUT2D eigenvalue weighted by atomic mass is 10.1. The number of amides is 2. The van der Waals surface area contributed by atoms with Crippen molar-refractivity contribution in [2.24, 2.45) is 0 Å². The van der Waals surface area contributed by atoms with E-state index in [9.17, 15) is 19.7 Å². The Kier molecular flexibility index (Phi) is 5.45. The summed E-state index contributed by atoms with van der Waals surface area (Å²) in [4.78, 5) is 34.8. The number of nitrogens with one attached hydrogen (secondary N) is 1. The zero-order valence-electron chi connectivity index (χ0n) is 11.1. The maximum absolute atomic E-state index is 12.1. The van der Waals surface area contributed by atoms with Crippen molar-refractivity contribution in [2.45, 2.75) is 6.92 Å². The molecule has 20 heavy (non-hydrogen) atoms. The number of halogens is 1. The number of rotatable bonds is 5. The molecule has 1 N–H and O–H groups in total. The molecule has 7 nitrogen and oxygen atoms in total. The van der Waals surface area contributed by atoms with E-state index < -0.39 is 10.8 Å². The van der Waals surface area contributed by atoms with Crippen molar-refractivity contribution in [2.75, 3.05) is 20.1 Å². The Bertz CT molecular complexity index is 548. The summed E-state index contributed by atoms with van der Waals surface area (Å²) < 4.78 is 0. The number of hydrogen-bond acceptors (Lipinski definition) is 4. The second-order valence-electron chi connectivity index (χ2n) is 4.01. The Labute approximate surface area is 120 Å². The van der Waals surface area contributed by atoms with Gasteiger partial charge in [-0.2, -0.15) is 0 Å². The van der Waals surface area contributed by atoms with Crippen molar-refractivity contribution in [1.82, 2.24) is 10.2 Å². The highest BCUT2D eigenvalue weighted by Gasteiger charge is 2.23. The molecule has 0 unspecified atom stereocenters. The SMILES string of the molecule is CCNC(=O)CN(C)C(=O)c1cccc([N+](=O)[O-])c1Cl. The molecule has 0 saturated carbocycles. The third-order valence-corrected chi connectivity index (χ3v) is 2.90. The Morgan fingerprint density at radius 1 is 1.45 bits per heavy atom. The highest BCUT2D eigenvalue weighted by atomic mass is 35.5. The lowest BCUT2D eigenvalue weighted by molar-refractivity contribution is -0.384. The maximum atomic E-state index is 12.1. The Morgan fingerprint density at radius 2 is 2.10 bits per heavy atom. The van der Waals surface area contributed by atoms with Gasteiger partial charge in [0, 0.05) is 19.7 Å². The number of nitro benzene ring substituents is 1. The van der Waals surface area contributed by atoms with Gasteiger partial charge in [0.15, 0.2) is 0 Å². The fourth-order valence-corrected chi connectivity index (χ4v) is 1.85. The molecule has 0 bridgehead atoms. The largest absolute Gasteiger partial charge is 0.355 e. The number of nitrogens with zero attached hydrogens (tertiary/aromatic N) is 2. The van der Waals surface area contributed by atoms with Gasteiger partial charge in [0.2, 0.25) is 5.91 Å². The first-order valence-electron chi connectivity index (χ1n) is 5.83. The fourth-order valence-electron chi connectivity index (χ4n) is 1.57. The van der Waals surface area contributed by atoms with Gasteiger partial charge in [0.05, 0.1) is 17.0 Å². The van der Waals surface area contributed by atoms with Crippen molar-refractivity contribution < 1.29 is 14.5 Å². The van der Waals surface area contributed by atoms with Gasteiger partial charge in [0.1, 0.15) is 5.02 Å². The lowest BCUT2D eigenvalue weighted by Crippen LogP contribution is -2.38. The van der Waals surface area contributed by atoms with Crippen LogP contribution < -0.4 is 5.32 Å². The van der Waals surface area contributed by atoms with Gasteiger partial charge in [-0.05, 0) is 13.0 Å². The van der Waals surface area contributed by atoms with Crippen molar-refractivity contribution in [3.63, 3.8) is 0 Å². The molecule has 1 aromatic rings. The van der Waals surface area contributed by atoms with Gasteiger partial charge in [-0.25, -0.2) is 0 Å². The molecule has 0 atom stereocenters. The van der Waals surface area contributed by atoms with Gasteiger partial charge >= 0.3 is 0 Å². The summed E-state index contributed by atoms with van der Waals surface area (Å²) in [6.45, 7) is 2.07. The van der Waals surface area contributed by atoms with E-state index in [1.54, 1.807) is 6.92 Å². The molecule has 0 radical (unpaired) electrons. The Morgan fingerprint density at radius 3 is 2.65 bits per heavy atom. The lowest BCUT2D eigenvalue weighted by Gasteiger charge is -2.17. The molecule has 0 fully saturated rings. The number of carbonyl (C=O) groups is 2. The highest BCUT2D eigenvalue weighted by molar-refractivity contribution is 6.35. The van der Waals surface area contributed by atoms with Gasteiger partial charge in [0.25, 0.3) is 11.6 Å². The van der Waals surface area contributed by atoms with Crippen LogP contribution in [0.2, 0.25) is 5.02 Å². The Hall–Kier alpha value is -2.15. The van der Waals surface area contributed by atoms with Crippen LogP contribution in [0.15, 0.2) is 18.2 Å². The zero-order chi connectivity index (χ0) is 15.3. The van der Waals surface area contributed by atoms with E-state index in [0.717, 1.165) is 4.90 Å². The summed E-state index contributed by atoms with van der Waals surface area (Å²) in [5, 5.41) is 13.1. The van der Waals surface area contributed by atoms with Crippen molar-refractivity contribution >= 4 is 29.1 Å². The predicted molar refractivity (Wildman–Crippen MR) is 73.8 cm³/mol. The molecule has 108 valence electrons. The molecule has 1 aromatic carbocycles. The summed E-state index contributed by atoms with van der Waals surface area (Å²) >= 11 is 5.85. The van der Waals surface area contributed by atoms with Crippen molar-refractivity contribution in [3.8, 4) is 0 Å². The number of likely N-dealkylation sites (N-methyl/N-ethyl adjacent to an activating group) is 2. The molecule has 0 saturated heterocycles. The topological polar surface area (TPSA) is 92.6 Å². The summed E-state index contributed by atoms with van der Waals surface area (Å²) in [7, 11) is 1.42. The van der Waals surface area contributed by atoms with Crippen molar-refractivity contribution in [1.29, 1.82) is 0 Å². The first kappa shape index (κ1) is 15.9. The standard InChI is InChI=1S/C12H14ClN3O4/c1-3-14-10(17)7-15(2)12(18)8-5-4-6-9(11(8)13)16(19)20/h4-6H,3,7H2,1-2H3,(H,14,17). The number of nitro groups is 1. The van der Waals surface area contributed by atoms with E-state index >= 15 is 0 Å². The normalized spacial score (nSPS) is 9.95. The van der Waals surface area contributed by atoms with Crippen LogP contribution in [0.4, 0.5) is 5.69 Å². The zero-order valence-corrected chi connectivity index (χ0v) is 11.8. The minimum absolute atomic E-state index is 0.00679. The van der Waals surface area contributed by atoms with Crippen LogP contribution in [0.25, 0.3) is 0 Å². The summed E-state index contributed by atoms with van der Waals surface area (Å²) in [6.07, 6.45) is 0. The third-order valence-electron chi connectivity index (χ3n) is 2.51. The molecule has 0 spiro atoms. The van der Waals surface area contributed by atoms with E-state index in [-0.39, 0.29) is 28.7 Å². The van der Waals surface area contributed by atoms with E-state index in [0.29, 0.717) is 6.54 Å². The average molecular weight is 300 g/mol. The van der Waals surface area contributed by atoms with Crippen LogP contribution in [-0.2, 0) is 4.79 Å². The summed E-state index contributed by atoms with van der Waals surface area (Å²) in [5.74, 6) is -0.866. The van der Waals surface area contributed by atoms with Gasteiger partial charge < -0.3 is 10.2 Å². The fraction of sp³-hybridized carbons (Fsp3) is 0.333. The molecular formula is C12H14ClN3O4.